The van der Waals surface area contributed by atoms with Crippen molar-refractivity contribution in [3.63, 3.8) is 0 Å². The zero-order valence-corrected chi connectivity index (χ0v) is 17.3. The number of urea groups is 1. The number of aromatic nitrogens is 1. The van der Waals surface area contributed by atoms with Crippen molar-refractivity contribution in [2.75, 3.05) is 4.90 Å². The number of nitrogens with one attached hydrogen (secondary N) is 1. The number of anilines is 1. The van der Waals surface area contributed by atoms with Gasteiger partial charge in [0.2, 0.25) is 0 Å². The van der Waals surface area contributed by atoms with E-state index in [4.69, 9.17) is 23.2 Å². The molecule has 1 saturated heterocycles. The Morgan fingerprint density at radius 2 is 1.69 bits per heavy atom. The summed E-state index contributed by atoms with van der Waals surface area (Å²) >= 11 is 12.4. The van der Waals surface area contributed by atoms with Crippen LogP contribution in [0.4, 0.5) is 10.5 Å². The molecule has 0 radical (unpaired) electrons. The van der Waals surface area contributed by atoms with Crippen LogP contribution in [0.25, 0.3) is 11.8 Å². The van der Waals surface area contributed by atoms with Gasteiger partial charge in [-0.05, 0) is 61.9 Å². The molecule has 0 aliphatic carbocycles. The van der Waals surface area contributed by atoms with Crippen LogP contribution >= 0.6 is 23.2 Å². The fraction of sp³-hybridized carbons (Fsp3) is 0.0909. The van der Waals surface area contributed by atoms with Gasteiger partial charge in [0.1, 0.15) is 5.70 Å². The van der Waals surface area contributed by atoms with Crippen LogP contribution in [0.2, 0.25) is 10.0 Å². The number of nitrogens with zero attached hydrogens (tertiary/aromatic N) is 2. The minimum absolute atomic E-state index is 0.223. The van der Waals surface area contributed by atoms with Crippen LogP contribution in [0, 0.1) is 13.8 Å². The standard InChI is InChI=1S/C22H17Cl2N3O2/c1-13-10-15(14(2)26(13)20-9-8-16(23)12-18(20)24)11-19-21(28)27(22(29)25-19)17-6-4-3-5-7-17/h3-12H,1-2H3,(H,25,29)/b19-11+. The second-order valence-corrected chi connectivity index (χ2v) is 7.57. The van der Waals surface area contributed by atoms with Crippen LogP contribution in [-0.4, -0.2) is 16.5 Å². The van der Waals surface area contributed by atoms with E-state index in [1.54, 1.807) is 42.5 Å². The third-order valence-corrected chi connectivity index (χ3v) is 5.35. The number of carbonyl (C=O) groups excluding carboxylic acids is 2. The molecule has 2 heterocycles. The monoisotopic (exact) mass is 425 g/mol. The van der Waals surface area contributed by atoms with Crippen LogP contribution in [0.5, 0.6) is 0 Å². The number of halogens is 2. The molecule has 2 aromatic carbocycles. The van der Waals surface area contributed by atoms with Crippen molar-refractivity contribution in [1.82, 2.24) is 9.88 Å². The largest absolute Gasteiger partial charge is 0.333 e. The first-order valence-corrected chi connectivity index (χ1v) is 9.69. The molecule has 7 heteroatoms. The molecule has 146 valence electrons. The Balaban J connectivity index is 1.73. The molecule has 1 aromatic heterocycles. The van der Waals surface area contributed by atoms with E-state index in [-0.39, 0.29) is 5.70 Å². The number of benzene rings is 2. The lowest BCUT2D eigenvalue weighted by atomic mass is 10.2. The number of rotatable bonds is 3. The van der Waals surface area contributed by atoms with E-state index in [1.165, 1.54) is 0 Å². The summed E-state index contributed by atoms with van der Waals surface area (Å²) in [6, 6.07) is 15.6. The van der Waals surface area contributed by atoms with E-state index in [1.807, 2.05) is 36.6 Å². The number of para-hydroxylation sites is 1. The molecule has 1 N–H and O–H groups in total. The van der Waals surface area contributed by atoms with Gasteiger partial charge in [-0.2, -0.15) is 0 Å². The minimum Gasteiger partial charge on any atom is -0.316 e. The van der Waals surface area contributed by atoms with Gasteiger partial charge >= 0.3 is 6.03 Å². The molecule has 0 bridgehead atoms. The summed E-state index contributed by atoms with van der Waals surface area (Å²) in [4.78, 5) is 26.3. The summed E-state index contributed by atoms with van der Waals surface area (Å²) in [6.45, 7) is 3.88. The molecular formula is C22H17Cl2N3O2. The molecule has 0 saturated carbocycles. The third kappa shape index (κ3) is 3.43. The maximum Gasteiger partial charge on any atom is 0.333 e. The van der Waals surface area contributed by atoms with Crippen LogP contribution in [0.1, 0.15) is 17.0 Å². The molecular weight excluding hydrogens is 409 g/mol. The van der Waals surface area contributed by atoms with Crippen LogP contribution < -0.4 is 10.2 Å². The van der Waals surface area contributed by atoms with Crippen molar-refractivity contribution in [1.29, 1.82) is 0 Å². The van der Waals surface area contributed by atoms with E-state index < -0.39 is 11.9 Å². The Morgan fingerprint density at radius 3 is 2.38 bits per heavy atom. The summed E-state index contributed by atoms with van der Waals surface area (Å²) in [5, 5.41) is 3.75. The highest BCUT2D eigenvalue weighted by atomic mass is 35.5. The van der Waals surface area contributed by atoms with Crippen molar-refractivity contribution in [3.05, 3.63) is 87.3 Å². The van der Waals surface area contributed by atoms with Gasteiger partial charge in [0, 0.05) is 16.4 Å². The first-order valence-electron chi connectivity index (χ1n) is 8.93. The number of carbonyl (C=O) groups is 2. The highest BCUT2D eigenvalue weighted by molar-refractivity contribution is 6.35. The van der Waals surface area contributed by atoms with Gasteiger partial charge in [-0.3, -0.25) is 4.79 Å². The number of hydrogen-bond acceptors (Lipinski definition) is 2. The summed E-state index contributed by atoms with van der Waals surface area (Å²) in [7, 11) is 0. The number of amides is 3. The Labute approximate surface area is 178 Å². The smallest absolute Gasteiger partial charge is 0.316 e. The first kappa shape index (κ1) is 19.3. The van der Waals surface area contributed by atoms with Gasteiger partial charge in [-0.25, -0.2) is 9.69 Å². The van der Waals surface area contributed by atoms with E-state index >= 15 is 0 Å². The number of imide groups is 1. The first-order chi connectivity index (χ1) is 13.9. The minimum atomic E-state index is -0.470. The molecule has 3 amide bonds. The average Bonchev–Trinajstić information content (AvgIpc) is 3.11. The molecule has 3 aromatic rings. The third-order valence-electron chi connectivity index (χ3n) is 4.81. The summed E-state index contributed by atoms with van der Waals surface area (Å²) in [6.07, 6.45) is 1.69. The molecule has 1 fully saturated rings. The van der Waals surface area contributed by atoms with Crippen molar-refractivity contribution in [2.24, 2.45) is 0 Å². The summed E-state index contributed by atoms with van der Waals surface area (Å²) in [5.41, 5.74) is 4.18. The molecule has 0 spiro atoms. The van der Waals surface area contributed by atoms with Crippen LogP contribution in [0.15, 0.2) is 60.3 Å². The number of aryl methyl sites for hydroxylation is 1. The average molecular weight is 426 g/mol. The van der Waals surface area contributed by atoms with Gasteiger partial charge in [0.25, 0.3) is 5.91 Å². The predicted molar refractivity (Wildman–Crippen MR) is 116 cm³/mol. The predicted octanol–water partition coefficient (Wildman–Crippen LogP) is 5.50. The molecule has 5 nitrogen and oxygen atoms in total. The Kier molecular flexibility index (Phi) is 4.94. The number of hydrogen-bond donors (Lipinski definition) is 1. The molecule has 4 rings (SSSR count). The Morgan fingerprint density at radius 1 is 0.966 bits per heavy atom. The van der Waals surface area contributed by atoms with Gasteiger partial charge in [-0.1, -0.05) is 41.4 Å². The maximum absolute atomic E-state index is 12.8. The van der Waals surface area contributed by atoms with Gasteiger partial charge in [0.15, 0.2) is 0 Å². The molecule has 1 aliphatic rings. The fourth-order valence-electron chi connectivity index (χ4n) is 3.47. The van der Waals surface area contributed by atoms with Gasteiger partial charge in [-0.15, -0.1) is 0 Å². The summed E-state index contributed by atoms with van der Waals surface area (Å²) in [5.74, 6) is -0.393. The van der Waals surface area contributed by atoms with Crippen molar-refractivity contribution >= 4 is 46.9 Å². The lowest BCUT2D eigenvalue weighted by Gasteiger charge is -2.12. The summed E-state index contributed by atoms with van der Waals surface area (Å²) < 4.78 is 1.99. The lowest BCUT2D eigenvalue weighted by Crippen LogP contribution is -2.30. The van der Waals surface area contributed by atoms with E-state index in [0.717, 1.165) is 27.5 Å². The van der Waals surface area contributed by atoms with E-state index in [2.05, 4.69) is 5.32 Å². The topological polar surface area (TPSA) is 54.3 Å². The Hall–Kier alpha value is -3.02. The van der Waals surface area contributed by atoms with Gasteiger partial charge in [0.05, 0.1) is 16.4 Å². The highest BCUT2D eigenvalue weighted by Gasteiger charge is 2.35. The molecule has 0 atom stereocenters. The second kappa shape index (κ2) is 7.43. The van der Waals surface area contributed by atoms with Crippen LogP contribution in [0.3, 0.4) is 0 Å². The van der Waals surface area contributed by atoms with Crippen molar-refractivity contribution in [2.45, 2.75) is 13.8 Å². The normalized spacial score (nSPS) is 15.3. The van der Waals surface area contributed by atoms with E-state index in [9.17, 15) is 9.59 Å². The van der Waals surface area contributed by atoms with Crippen molar-refractivity contribution in [3.8, 4) is 5.69 Å². The molecule has 29 heavy (non-hydrogen) atoms. The van der Waals surface area contributed by atoms with E-state index in [0.29, 0.717) is 15.7 Å². The zero-order valence-electron chi connectivity index (χ0n) is 15.7. The molecule has 1 aliphatic heterocycles. The van der Waals surface area contributed by atoms with Crippen LogP contribution in [-0.2, 0) is 4.79 Å². The van der Waals surface area contributed by atoms with Gasteiger partial charge < -0.3 is 9.88 Å². The SMILES string of the molecule is Cc1cc(/C=C2/NC(=O)N(c3ccccc3)C2=O)c(C)n1-c1ccc(Cl)cc1Cl. The fourth-order valence-corrected chi connectivity index (χ4v) is 3.96. The van der Waals surface area contributed by atoms with Crippen molar-refractivity contribution < 1.29 is 9.59 Å². The molecule has 0 unspecified atom stereocenters. The zero-order chi connectivity index (χ0) is 20.7. The second-order valence-electron chi connectivity index (χ2n) is 6.72. The highest BCUT2D eigenvalue weighted by Crippen LogP contribution is 2.30. The Bertz CT molecular complexity index is 1170. The quantitative estimate of drug-likeness (QED) is 0.444. The maximum atomic E-state index is 12.8. The lowest BCUT2D eigenvalue weighted by molar-refractivity contribution is -0.113.